The number of carbonyl (C=O) groups is 2. The highest BCUT2D eigenvalue weighted by molar-refractivity contribution is 5.98. The van der Waals surface area contributed by atoms with E-state index in [4.69, 9.17) is 0 Å². The van der Waals surface area contributed by atoms with Crippen LogP contribution in [0.25, 0.3) is 0 Å². The number of rotatable bonds is 6. The lowest BCUT2D eigenvalue weighted by molar-refractivity contribution is -0.123. The van der Waals surface area contributed by atoms with Crippen molar-refractivity contribution in [2.45, 2.75) is 78.2 Å². The van der Waals surface area contributed by atoms with Crippen LogP contribution in [0.5, 0.6) is 0 Å². The lowest BCUT2D eigenvalue weighted by Crippen LogP contribution is -2.52. The number of amides is 2. The van der Waals surface area contributed by atoms with Gasteiger partial charge in [-0.25, -0.2) is 4.39 Å². The molecule has 0 aromatic heterocycles. The Morgan fingerprint density at radius 2 is 1.88 bits per heavy atom. The van der Waals surface area contributed by atoms with Gasteiger partial charge in [0.25, 0.3) is 5.91 Å². The van der Waals surface area contributed by atoms with Gasteiger partial charge in [0.15, 0.2) is 0 Å². The Balaban J connectivity index is 1.86. The number of hydrogen-bond acceptors (Lipinski definition) is 2. The molecule has 0 spiro atoms. The molecule has 33 heavy (non-hydrogen) atoms. The van der Waals surface area contributed by atoms with Crippen LogP contribution in [0.15, 0.2) is 42.5 Å². The summed E-state index contributed by atoms with van der Waals surface area (Å²) in [5.74, 6) is -1.19. The molecule has 0 radical (unpaired) electrons. The SMILES string of the molecule is CCCCC1C(C(=O)Nc2cccc(C(C)(C)C)c2)CCCN1C(=O)c1c(C)cccc1F. The summed E-state index contributed by atoms with van der Waals surface area (Å²) in [4.78, 5) is 28.6. The van der Waals surface area contributed by atoms with E-state index in [9.17, 15) is 14.0 Å². The number of aryl methyl sites for hydroxylation is 1. The fourth-order valence-electron chi connectivity index (χ4n) is 4.73. The predicted molar refractivity (Wildman–Crippen MR) is 132 cm³/mol. The van der Waals surface area contributed by atoms with Crippen molar-refractivity contribution in [3.8, 4) is 0 Å². The minimum atomic E-state index is -0.500. The predicted octanol–water partition coefficient (Wildman–Crippen LogP) is 6.48. The van der Waals surface area contributed by atoms with E-state index in [-0.39, 0.29) is 34.8 Å². The highest BCUT2D eigenvalue weighted by atomic mass is 19.1. The number of halogens is 1. The van der Waals surface area contributed by atoms with Gasteiger partial charge in [0.2, 0.25) is 5.91 Å². The van der Waals surface area contributed by atoms with Gasteiger partial charge in [-0.05, 0) is 60.9 Å². The number of nitrogens with zero attached hydrogens (tertiary/aromatic N) is 1. The quantitative estimate of drug-likeness (QED) is 0.545. The lowest BCUT2D eigenvalue weighted by Gasteiger charge is -2.41. The molecule has 0 saturated carbocycles. The summed E-state index contributed by atoms with van der Waals surface area (Å²) in [6.07, 6.45) is 4.06. The molecule has 0 aliphatic carbocycles. The molecule has 1 heterocycles. The summed E-state index contributed by atoms with van der Waals surface area (Å²) in [7, 11) is 0. The van der Waals surface area contributed by atoms with Gasteiger partial charge in [-0.3, -0.25) is 9.59 Å². The number of anilines is 1. The molecule has 3 rings (SSSR count). The molecule has 1 aliphatic heterocycles. The van der Waals surface area contributed by atoms with Crippen LogP contribution in [0.4, 0.5) is 10.1 Å². The molecule has 5 heteroatoms. The van der Waals surface area contributed by atoms with Gasteiger partial charge in [0, 0.05) is 18.3 Å². The molecule has 2 unspecified atom stereocenters. The van der Waals surface area contributed by atoms with E-state index < -0.39 is 5.82 Å². The van der Waals surface area contributed by atoms with Crippen molar-refractivity contribution < 1.29 is 14.0 Å². The van der Waals surface area contributed by atoms with E-state index in [1.165, 1.54) is 6.07 Å². The van der Waals surface area contributed by atoms with E-state index >= 15 is 0 Å². The fraction of sp³-hybridized carbons (Fsp3) is 0.500. The van der Waals surface area contributed by atoms with Crippen LogP contribution in [-0.2, 0) is 10.2 Å². The second kappa shape index (κ2) is 10.5. The van der Waals surface area contributed by atoms with Gasteiger partial charge in [-0.15, -0.1) is 0 Å². The van der Waals surface area contributed by atoms with Crippen LogP contribution in [0, 0.1) is 18.7 Å². The molecule has 178 valence electrons. The Morgan fingerprint density at radius 3 is 2.55 bits per heavy atom. The summed E-state index contributed by atoms with van der Waals surface area (Å²) in [5.41, 5.74) is 2.65. The molecular formula is C28H37FN2O2. The standard InChI is InChI=1S/C28H37FN2O2/c1-6-7-16-24-22(26(32)30-21-13-9-12-20(18-21)28(3,4)5)14-10-17-31(24)27(33)25-19(2)11-8-15-23(25)29/h8-9,11-13,15,18,22,24H,6-7,10,14,16-17H2,1-5H3,(H,30,32). The van der Waals surface area contributed by atoms with E-state index in [1.807, 2.05) is 18.2 Å². The van der Waals surface area contributed by atoms with Crippen molar-refractivity contribution in [3.63, 3.8) is 0 Å². The van der Waals surface area contributed by atoms with Crippen molar-refractivity contribution in [2.24, 2.45) is 5.92 Å². The molecular weight excluding hydrogens is 415 g/mol. The summed E-state index contributed by atoms with van der Waals surface area (Å²) < 4.78 is 14.6. The van der Waals surface area contributed by atoms with E-state index in [0.717, 1.165) is 43.4 Å². The second-order valence-corrected chi connectivity index (χ2v) is 10.2. The van der Waals surface area contributed by atoms with Gasteiger partial charge in [0.05, 0.1) is 11.5 Å². The molecule has 1 saturated heterocycles. The first-order chi connectivity index (χ1) is 15.6. The number of unbranched alkanes of at least 4 members (excludes halogenated alkanes) is 1. The molecule has 2 aromatic carbocycles. The Labute approximate surface area is 197 Å². The summed E-state index contributed by atoms with van der Waals surface area (Å²) in [5, 5.41) is 3.10. The van der Waals surface area contributed by atoms with Gasteiger partial charge in [-0.1, -0.05) is 64.8 Å². The Hall–Kier alpha value is -2.69. The van der Waals surface area contributed by atoms with E-state index in [0.29, 0.717) is 12.1 Å². The minimum absolute atomic E-state index is 0.0178. The van der Waals surface area contributed by atoms with Crippen LogP contribution in [0.3, 0.4) is 0 Å². The summed E-state index contributed by atoms with van der Waals surface area (Å²) in [6, 6.07) is 12.4. The number of hydrogen-bond donors (Lipinski definition) is 1. The summed E-state index contributed by atoms with van der Waals surface area (Å²) >= 11 is 0. The van der Waals surface area contributed by atoms with Crippen LogP contribution in [0.1, 0.15) is 81.3 Å². The van der Waals surface area contributed by atoms with E-state index in [2.05, 4.69) is 39.1 Å². The number of nitrogens with one attached hydrogen (secondary N) is 1. The molecule has 1 aliphatic rings. The van der Waals surface area contributed by atoms with Crippen LogP contribution in [-0.4, -0.2) is 29.3 Å². The zero-order valence-corrected chi connectivity index (χ0v) is 20.6. The van der Waals surface area contributed by atoms with Crippen molar-refractivity contribution in [2.75, 3.05) is 11.9 Å². The average Bonchev–Trinajstić information content (AvgIpc) is 2.76. The molecule has 1 N–H and O–H groups in total. The van der Waals surface area contributed by atoms with Crippen molar-refractivity contribution in [1.29, 1.82) is 0 Å². The third-order valence-corrected chi connectivity index (χ3v) is 6.66. The van der Waals surface area contributed by atoms with Gasteiger partial charge in [0.1, 0.15) is 5.82 Å². The van der Waals surface area contributed by atoms with Gasteiger partial charge >= 0.3 is 0 Å². The molecule has 2 aromatic rings. The van der Waals surface area contributed by atoms with Gasteiger partial charge < -0.3 is 10.2 Å². The Morgan fingerprint density at radius 1 is 1.15 bits per heavy atom. The number of piperidine rings is 1. The number of likely N-dealkylation sites (tertiary alicyclic amines) is 1. The first kappa shape index (κ1) is 24.9. The monoisotopic (exact) mass is 452 g/mol. The average molecular weight is 453 g/mol. The van der Waals surface area contributed by atoms with Crippen molar-refractivity contribution in [1.82, 2.24) is 4.90 Å². The van der Waals surface area contributed by atoms with Crippen LogP contribution in [0.2, 0.25) is 0 Å². The maximum Gasteiger partial charge on any atom is 0.257 e. The van der Waals surface area contributed by atoms with Gasteiger partial charge in [-0.2, -0.15) is 0 Å². The molecule has 2 atom stereocenters. The third-order valence-electron chi connectivity index (χ3n) is 6.66. The molecule has 4 nitrogen and oxygen atoms in total. The zero-order valence-electron chi connectivity index (χ0n) is 20.6. The topological polar surface area (TPSA) is 49.4 Å². The highest BCUT2D eigenvalue weighted by Crippen LogP contribution is 2.32. The van der Waals surface area contributed by atoms with Crippen LogP contribution < -0.4 is 5.32 Å². The minimum Gasteiger partial charge on any atom is -0.335 e. The van der Waals surface area contributed by atoms with Crippen molar-refractivity contribution >= 4 is 17.5 Å². The summed E-state index contributed by atoms with van der Waals surface area (Å²) in [6.45, 7) is 10.8. The largest absolute Gasteiger partial charge is 0.335 e. The van der Waals surface area contributed by atoms with E-state index in [1.54, 1.807) is 24.0 Å². The molecule has 1 fully saturated rings. The Bertz CT molecular complexity index is 975. The molecule has 0 bridgehead atoms. The smallest absolute Gasteiger partial charge is 0.257 e. The maximum atomic E-state index is 14.6. The first-order valence-corrected chi connectivity index (χ1v) is 12.1. The normalized spacial score (nSPS) is 18.8. The maximum absolute atomic E-state index is 14.6. The molecule has 2 amide bonds. The highest BCUT2D eigenvalue weighted by Gasteiger charge is 2.39. The van der Waals surface area contributed by atoms with Crippen LogP contribution >= 0.6 is 0 Å². The Kier molecular flexibility index (Phi) is 7.93. The number of carbonyl (C=O) groups excluding carboxylic acids is 2. The second-order valence-electron chi connectivity index (χ2n) is 10.2. The third kappa shape index (κ3) is 5.82. The first-order valence-electron chi connectivity index (χ1n) is 12.1. The fourth-order valence-corrected chi connectivity index (χ4v) is 4.73. The van der Waals surface area contributed by atoms with Crippen molar-refractivity contribution in [3.05, 3.63) is 65.0 Å². The lowest BCUT2D eigenvalue weighted by atomic mass is 9.84. The zero-order chi connectivity index (χ0) is 24.2. The number of benzene rings is 2.